The zero-order valence-electron chi connectivity index (χ0n) is 24.5. The first-order chi connectivity index (χ1) is 21.9. The van der Waals surface area contributed by atoms with E-state index in [1.165, 1.54) is 19.4 Å². The number of fused-ring (bicyclic) bond motifs is 1. The molecule has 4 heterocycles. The van der Waals surface area contributed by atoms with Crippen molar-refractivity contribution >= 4 is 29.2 Å². The lowest BCUT2D eigenvalue weighted by Crippen LogP contribution is -2.54. The molecule has 15 nitrogen and oxygen atoms in total. The minimum Gasteiger partial charge on any atom is -0.493 e. The van der Waals surface area contributed by atoms with E-state index in [-0.39, 0.29) is 59.8 Å². The SMILES string of the molecule is CCOC(=O)c1cn[nH]c1N1NC(C(Nc2ccc(-c3noc(C)n3)cc2)c2cc(OC)c3c(c2F)OCCCO3)=NCC1=O. The maximum atomic E-state index is 16.4. The number of methoxy groups -OCH3 is 1. The molecule has 234 valence electrons. The normalized spacial score (nSPS) is 15.1. The number of amides is 1. The molecule has 0 saturated heterocycles. The van der Waals surface area contributed by atoms with Gasteiger partial charge in [-0.05, 0) is 37.3 Å². The van der Waals surface area contributed by atoms with Gasteiger partial charge in [-0.3, -0.25) is 20.3 Å². The van der Waals surface area contributed by atoms with Gasteiger partial charge >= 0.3 is 5.97 Å². The van der Waals surface area contributed by atoms with Gasteiger partial charge in [0.1, 0.15) is 24.0 Å². The number of anilines is 2. The van der Waals surface area contributed by atoms with E-state index in [0.29, 0.717) is 36.0 Å². The molecule has 2 aromatic heterocycles. The van der Waals surface area contributed by atoms with Crippen molar-refractivity contribution in [3.63, 3.8) is 0 Å². The fourth-order valence-corrected chi connectivity index (χ4v) is 4.82. The second kappa shape index (κ2) is 12.5. The number of H-pyrrole nitrogens is 1. The van der Waals surface area contributed by atoms with E-state index in [1.807, 2.05) is 0 Å². The number of aliphatic imine (C=N–C) groups is 1. The van der Waals surface area contributed by atoms with Gasteiger partial charge in [-0.15, -0.1) is 0 Å². The first-order valence-electron chi connectivity index (χ1n) is 14.1. The Bertz CT molecular complexity index is 1750. The molecule has 6 rings (SSSR count). The molecule has 0 aliphatic carbocycles. The average Bonchev–Trinajstić information content (AvgIpc) is 3.64. The third-order valence-corrected chi connectivity index (χ3v) is 6.94. The van der Waals surface area contributed by atoms with E-state index in [0.717, 1.165) is 5.01 Å². The minimum absolute atomic E-state index is 0.0270. The summed E-state index contributed by atoms with van der Waals surface area (Å²) < 4.78 is 43.7. The molecule has 16 heteroatoms. The number of nitrogens with zero attached hydrogens (tertiary/aromatic N) is 5. The first kappa shape index (κ1) is 29.4. The molecule has 4 aromatic rings. The number of halogens is 1. The van der Waals surface area contributed by atoms with Gasteiger partial charge in [0.05, 0.1) is 33.1 Å². The largest absolute Gasteiger partial charge is 0.493 e. The van der Waals surface area contributed by atoms with Gasteiger partial charge in [0.2, 0.25) is 23.2 Å². The molecular weight excluding hydrogens is 591 g/mol. The lowest BCUT2D eigenvalue weighted by molar-refractivity contribution is -0.118. The fourth-order valence-electron chi connectivity index (χ4n) is 4.82. The van der Waals surface area contributed by atoms with Crippen molar-refractivity contribution in [3.05, 3.63) is 59.4 Å². The van der Waals surface area contributed by atoms with Crippen LogP contribution in [0.15, 0.2) is 46.0 Å². The number of ether oxygens (including phenoxy) is 4. The Morgan fingerprint density at radius 3 is 2.69 bits per heavy atom. The Morgan fingerprint density at radius 1 is 1.20 bits per heavy atom. The minimum atomic E-state index is -1.03. The first-order valence-corrected chi connectivity index (χ1v) is 14.1. The van der Waals surface area contributed by atoms with E-state index >= 15 is 4.39 Å². The predicted molar refractivity (Wildman–Crippen MR) is 157 cm³/mol. The van der Waals surface area contributed by atoms with Crippen molar-refractivity contribution in [2.45, 2.75) is 26.3 Å². The zero-order chi connectivity index (χ0) is 31.5. The van der Waals surface area contributed by atoms with Gasteiger partial charge in [0, 0.05) is 30.2 Å². The van der Waals surface area contributed by atoms with E-state index in [1.54, 1.807) is 38.1 Å². The summed E-state index contributed by atoms with van der Waals surface area (Å²) in [4.78, 5) is 34.3. The number of hydrazine groups is 1. The van der Waals surface area contributed by atoms with Gasteiger partial charge in [0.15, 0.2) is 17.4 Å². The number of esters is 1. The molecule has 0 saturated carbocycles. The van der Waals surface area contributed by atoms with Crippen LogP contribution in [0.3, 0.4) is 0 Å². The van der Waals surface area contributed by atoms with Crippen LogP contribution < -0.4 is 30.0 Å². The molecule has 0 radical (unpaired) electrons. The second-order valence-corrected chi connectivity index (χ2v) is 9.88. The number of aromatic nitrogens is 4. The van der Waals surface area contributed by atoms with Crippen LogP contribution in [0.25, 0.3) is 11.4 Å². The van der Waals surface area contributed by atoms with Gasteiger partial charge in [0.25, 0.3) is 5.91 Å². The summed E-state index contributed by atoms with van der Waals surface area (Å²) in [5.41, 5.74) is 4.32. The highest BCUT2D eigenvalue weighted by molar-refractivity contribution is 6.07. The molecule has 1 amide bonds. The van der Waals surface area contributed by atoms with Crippen LogP contribution in [-0.2, 0) is 9.53 Å². The molecule has 0 bridgehead atoms. The Balaban J connectivity index is 1.40. The lowest BCUT2D eigenvalue weighted by atomic mass is 10.0. The van der Waals surface area contributed by atoms with Crippen LogP contribution in [0.1, 0.15) is 41.2 Å². The smallest absolute Gasteiger partial charge is 0.343 e. The maximum absolute atomic E-state index is 16.4. The molecular formula is C29H29FN8O7. The molecule has 45 heavy (non-hydrogen) atoms. The Labute approximate surface area is 255 Å². The standard InChI is InChI=1S/C29H29FN8O7/c1-4-42-29(40)19-13-32-35-28(19)38-21(39)14-31-27(36-38)23(34-17-8-6-16(7-9-17)26-33-15(2)45-37-26)18-12-20(41-3)24-25(22(18)30)44-11-5-10-43-24/h6-9,12-13,23,34H,4-5,10-11,14H2,1-3H3,(H,31,36)(H,32,35). The molecule has 1 unspecified atom stereocenters. The Morgan fingerprint density at radius 2 is 1.98 bits per heavy atom. The zero-order valence-corrected chi connectivity index (χ0v) is 24.5. The highest BCUT2D eigenvalue weighted by atomic mass is 19.1. The number of benzene rings is 2. The van der Waals surface area contributed by atoms with Crippen molar-refractivity contribution in [3.8, 4) is 28.6 Å². The van der Waals surface area contributed by atoms with Crippen molar-refractivity contribution in [1.82, 2.24) is 25.8 Å². The van der Waals surface area contributed by atoms with E-state index in [2.05, 4.69) is 36.1 Å². The fraction of sp³-hybridized carbons (Fsp3) is 0.310. The van der Waals surface area contributed by atoms with Crippen LogP contribution in [0, 0.1) is 12.7 Å². The average molecular weight is 621 g/mol. The molecule has 2 aromatic carbocycles. The molecule has 2 aliphatic heterocycles. The molecule has 3 N–H and O–H groups in total. The van der Waals surface area contributed by atoms with Crippen LogP contribution in [0.5, 0.6) is 17.2 Å². The quantitative estimate of drug-likeness (QED) is 0.233. The highest BCUT2D eigenvalue weighted by Crippen LogP contribution is 2.45. The molecule has 0 spiro atoms. The summed E-state index contributed by atoms with van der Waals surface area (Å²) in [7, 11) is 1.44. The third kappa shape index (κ3) is 5.81. The lowest BCUT2D eigenvalue weighted by Gasteiger charge is -2.32. The van der Waals surface area contributed by atoms with Crippen molar-refractivity contribution in [2.24, 2.45) is 4.99 Å². The summed E-state index contributed by atoms with van der Waals surface area (Å²) >= 11 is 0. The summed E-state index contributed by atoms with van der Waals surface area (Å²) in [6.45, 7) is 3.73. The second-order valence-electron chi connectivity index (χ2n) is 9.88. The third-order valence-electron chi connectivity index (χ3n) is 6.94. The summed E-state index contributed by atoms with van der Waals surface area (Å²) in [6.07, 6.45) is 1.81. The van der Waals surface area contributed by atoms with Gasteiger partial charge in [-0.25, -0.2) is 14.2 Å². The van der Waals surface area contributed by atoms with E-state index in [4.69, 9.17) is 23.5 Å². The van der Waals surface area contributed by atoms with E-state index in [9.17, 15) is 9.59 Å². The van der Waals surface area contributed by atoms with Gasteiger partial charge in [-0.2, -0.15) is 10.1 Å². The molecule has 0 fully saturated rings. The van der Waals surface area contributed by atoms with Crippen LogP contribution in [-0.4, -0.2) is 71.5 Å². The van der Waals surface area contributed by atoms with Gasteiger partial charge in [-0.1, -0.05) is 5.16 Å². The predicted octanol–water partition coefficient (Wildman–Crippen LogP) is 3.36. The van der Waals surface area contributed by atoms with Crippen LogP contribution >= 0.6 is 0 Å². The number of carbonyl (C=O) groups excluding carboxylic acids is 2. The Hall–Kier alpha value is -5.67. The van der Waals surface area contributed by atoms with Crippen molar-refractivity contribution < 1.29 is 37.5 Å². The summed E-state index contributed by atoms with van der Waals surface area (Å²) in [6, 6.07) is 7.52. The number of hydrogen-bond acceptors (Lipinski definition) is 13. The number of aryl methyl sites for hydroxylation is 1. The summed E-state index contributed by atoms with van der Waals surface area (Å²) in [5.74, 6) is -0.539. The number of nitrogens with one attached hydrogen (secondary N) is 3. The number of amidine groups is 1. The van der Waals surface area contributed by atoms with Crippen molar-refractivity contribution in [2.75, 3.05) is 43.8 Å². The Kier molecular flexibility index (Phi) is 8.18. The number of rotatable bonds is 9. The van der Waals surface area contributed by atoms with Gasteiger partial charge < -0.3 is 28.8 Å². The summed E-state index contributed by atoms with van der Waals surface area (Å²) in [5, 5.41) is 14.9. The number of carbonyl (C=O) groups is 2. The topological polar surface area (TPSA) is 178 Å². The molecule has 1 atom stereocenters. The van der Waals surface area contributed by atoms with Crippen LogP contribution in [0.2, 0.25) is 0 Å². The van der Waals surface area contributed by atoms with Crippen LogP contribution in [0.4, 0.5) is 15.9 Å². The highest BCUT2D eigenvalue weighted by Gasteiger charge is 2.35. The monoisotopic (exact) mass is 620 g/mol. The number of hydrogen-bond donors (Lipinski definition) is 3. The van der Waals surface area contributed by atoms with E-state index < -0.39 is 23.7 Å². The molecule has 2 aliphatic rings. The number of aromatic amines is 1. The maximum Gasteiger partial charge on any atom is 0.343 e. The van der Waals surface area contributed by atoms with Crippen molar-refractivity contribution in [1.29, 1.82) is 0 Å².